The quantitative estimate of drug-likeness (QED) is 0.419. The largest absolute Gasteiger partial charge is 0.454 e. The van der Waals surface area contributed by atoms with Crippen molar-refractivity contribution in [3.8, 4) is 11.5 Å². The van der Waals surface area contributed by atoms with Crippen molar-refractivity contribution in [2.24, 2.45) is 0 Å². The number of nitrogens with zero attached hydrogens (tertiary/aromatic N) is 3. The number of hydrogen-bond donors (Lipinski definition) is 1. The second-order valence-electron chi connectivity index (χ2n) is 7.69. The molecule has 1 saturated heterocycles. The number of fused-ring (bicyclic) bond motifs is 1. The molecule has 4 aromatic rings. The van der Waals surface area contributed by atoms with Gasteiger partial charge in [0.05, 0.1) is 30.4 Å². The standard InChI is InChI=1S/C25H20ClFN4O3/c26-17-3-1-2-16(12-17)25(32)29-18-4-6-20(27)23(13-18)34-19-5-7-21-22(14-19)30-24(15-28-21)31-8-10-33-11-9-31/h1-7,12-15H,8-11H2,(H,29,32). The van der Waals surface area contributed by atoms with Crippen LogP contribution >= 0.6 is 11.6 Å². The van der Waals surface area contributed by atoms with Crippen molar-refractivity contribution in [2.75, 3.05) is 36.5 Å². The Kier molecular flexibility index (Phi) is 6.24. The highest BCUT2D eigenvalue weighted by Crippen LogP contribution is 2.30. The van der Waals surface area contributed by atoms with Gasteiger partial charge < -0.3 is 19.7 Å². The third-order valence-electron chi connectivity index (χ3n) is 5.34. The first kappa shape index (κ1) is 22.1. The molecule has 0 spiro atoms. The molecule has 34 heavy (non-hydrogen) atoms. The average molecular weight is 479 g/mol. The summed E-state index contributed by atoms with van der Waals surface area (Å²) in [5.41, 5.74) is 2.11. The van der Waals surface area contributed by atoms with Gasteiger partial charge in [-0.15, -0.1) is 0 Å². The van der Waals surface area contributed by atoms with Gasteiger partial charge >= 0.3 is 0 Å². The van der Waals surface area contributed by atoms with Gasteiger partial charge in [-0.25, -0.2) is 9.37 Å². The Balaban J connectivity index is 1.36. The zero-order valence-electron chi connectivity index (χ0n) is 18.0. The minimum Gasteiger partial charge on any atom is -0.454 e. The maximum absolute atomic E-state index is 14.5. The molecular formula is C25H20ClFN4O3. The van der Waals surface area contributed by atoms with Crippen LogP contribution in [0.25, 0.3) is 11.0 Å². The van der Waals surface area contributed by atoms with Crippen molar-refractivity contribution in [3.63, 3.8) is 0 Å². The molecule has 1 aliphatic rings. The number of anilines is 2. The van der Waals surface area contributed by atoms with Crippen molar-refractivity contribution in [1.82, 2.24) is 9.97 Å². The summed E-state index contributed by atoms with van der Waals surface area (Å²) < 4.78 is 25.7. The Hall–Kier alpha value is -3.75. The number of aromatic nitrogens is 2. The Labute approximate surface area is 200 Å². The smallest absolute Gasteiger partial charge is 0.255 e. The highest BCUT2D eigenvalue weighted by molar-refractivity contribution is 6.31. The van der Waals surface area contributed by atoms with Gasteiger partial charge in [-0.3, -0.25) is 9.78 Å². The van der Waals surface area contributed by atoms with Crippen molar-refractivity contribution in [2.45, 2.75) is 0 Å². The van der Waals surface area contributed by atoms with Gasteiger partial charge in [0.25, 0.3) is 5.91 Å². The Morgan fingerprint density at radius 3 is 2.74 bits per heavy atom. The summed E-state index contributed by atoms with van der Waals surface area (Å²) in [6.07, 6.45) is 1.74. The summed E-state index contributed by atoms with van der Waals surface area (Å²) in [4.78, 5) is 23.8. The normalized spacial score (nSPS) is 13.6. The van der Waals surface area contributed by atoms with E-state index in [2.05, 4.69) is 20.2 Å². The zero-order chi connectivity index (χ0) is 23.5. The molecule has 1 amide bonds. The number of hydrogen-bond acceptors (Lipinski definition) is 6. The lowest BCUT2D eigenvalue weighted by atomic mass is 10.2. The van der Waals surface area contributed by atoms with E-state index in [1.54, 1.807) is 48.7 Å². The molecule has 0 atom stereocenters. The number of ether oxygens (including phenoxy) is 2. The van der Waals surface area contributed by atoms with Crippen molar-refractivity contribution < 1.29 is 18.7 Å². The van der Waals surface area contributed by atoms with Crippen LogP contribution in [0.3, 0.4) is 0 Å². The van der Waals surface area contributed by atoms with Crippen LogP contribution in [-0.2, 0) is 4.74 Å². The van der Waals surface area contributed by atoms with Crippen molar-refractivity contribution in [1.29, 1.82) is 0 Å². The molecule has 9 heteroatoms. The molecule has 172 valence electrons. The van der Waals surface area contributed by atoms with E-state index >= 15 is 0 Å². The van der Waals surface area contributed by atoms with Gasteiger partial charge in [0.1, 0.15) is 11.6 Å². The number of benzene rings is 3. The Morgan fingerprint density at radius 2 is 1.91 bits per heavy atom. The van der Waals surface area contributed by atoms with Crippen LogP contribution in [0.4, 0.5) is 15.9 Å². The molecule has 7 nitrogen and oxygen atoms in total. The van der Waals surface area contributed by atoms with Crippen LogP contribution in [0.1, 0.15) is 10.4 Å². The molecule has 0 radical (unpaired) electrons. The highest BCUT2D eigenvalue weighted by Gasteiger charge is 2.15. The minimum atomic E-state index is -0.561. The van der Waals surface area contributed by atoms with E-state index in [4.69, 9.17) is 21.1 Å². The number of amides is 1. The van der Waals surface area contributed by atoms with E-state index in [1.165, 1.54) is 18.2 Å². The summed E-state index contributed by atoms with van der Waals surface area (Å²) in [6, 6.07) is 15.9. The van der Waals surface area contributed by atoms with Crippen LogP contribution in [0.15, 0.2) is 66.9 Å². The van der Waals surface area contributed by atoms with Gasteiger partial charge in [-0.05, 0) is 42.5 Å². The van der Waals surface area contributed by atoms with Gasteiger partial charge in [0, 0.05) is 41.5 Å². The third kappa shape index (κ3) is 4.93. The summed E-state index contributed by atoms with van der Waals surface area (Å²) >= 11 is 5.96. The summed E-state index contributed by atoms with van der Waals surface area (Å²) in [7, 11) is 0. The summed E-state index contributed by atoms with van der Waals surface area (Å²) in [5, 5.41) is 3.18. The maximum atomic E-state index is 14.5. The van der Waals surface area contributed by atoms with Gasteiger partial charge in [0.2, 0.25) is 0 Å². The van der Waals surface area contributed by atoms with Crippen LogP contribution in [0, 0.1) is 5.82 Å². The first-order valence-electron chi connectivity index (χ1n) is 10.7. The van der Waals surface area contributed by atoms with Crippen LogP contribution in [-0.4, -0.2) is 42.2 Å². The molecular weight excluding hydrogens is 459 g/mol. The maximum Gasteiger partial charge on any atom is 0.255 e. The lowest BCUT2D eigenvalue weighted by Gasteiger charge is -2.27. The molecule has 0 saturated carbocycles. The van der Waals surface area contributed by atoms with E-state index in [0.29, 0.717) is 46.3 Å². The van der Waals surface area contributed by atoms with E-state index in [1.807, 2.05) is 0 Å². The summed E-state index contributed by atoms with van der Waals surface area (Å²) in [6.45, 7) is 2.78. The molecule has 1 aromatic heterocycles. The van der Waals surface area contributed by atoms with Crippen molar-refractivity contribution >= 4 is 40.0 Å². The highest BCUT2D eigenvalue weighted by atomic mass is 35.5. The van der Waals surface area contributed by atoms with Crippen molar-refractivity contribution in [3.05, 3.63) is 83.3 Å². The van der Waals surface area contributed by atoms with E-state index < -0.39 is 5.82 Å². The Bertz CT molecular complexity index is 1360. The average Bonchev–Trinajstić information content (AvgIpc) is 2.86. The predicted octanol–water partition coefficient (Wildman–Crippen LogP) is 5.30. The number of rotatable bonds is 5. The van der Waals surface area contributed by atoms with Gasteiger partial charge in [-0.2, -0.15) is 0 Å². The third-order valence-corrected chi connectivity index (χ3v) is 5.57. The van der Waals surface area contributed by atoms with Crippen LogP contribution < -0.4 is 15.0 Å². The molecule has 3 aromatic carbocycles. The molecule has 5 rings (SSSR count). The number of halogens is 2. The Morgan fingerprint density at radius 1 is 1.06 bits per heavy atom. The lowest BCUT2D eigenvalue weighted by Crippen LogP contribution is -2.36. The second-order valence-corrected chi connectivity index (χ2v) is 8.13. The number of morpholine rings is 1. The van der Waals surface area contributed by atoms with E-state index in [9.17, 15) is 9.18 Å². The van der Waals surface area contributed by atoms with Crippen LogP contribution in [0.5, 0.6) is 11.5 Å². The topological polar surface area (TPSA) is 76.6 Å². The number of carbonyl (C=O) groups is 1. The second kappa shape index (κ2) is 9.62. The minimum absolute atomic E-state index is 0.0273. The molecule has 1 N–H and O–H groups in total. The zero-order valence-corrected chi connectivity index (χ0v) is 18.8. The van der Waals surface area contributed by atoms with Gasteiger partial charge in [-0.1, -0.05) is 17.7 Å². The number of nitrogens with one attached hydrogen (secondary N) is 1. The lowest BCUT2D eigenvalue weighted by molar-refractivity contribution is 0.102. The van der Waals surface area contributed by atoms with E-state index in [0.717, 1.165) is 18.9 Å². The molecule has 0 bridgehead atoms. The molecule has 0 aliphatic carbocycles. The van der Waals surface area contributed by atoms with Crippen LogP contribution in [0.2, 0.25) is 5.02 Å². The fourth-order valence-electron chi connectivity index (χ4n) is 3.61. The predicted molar refractivity (Wildman–Crippen MR) is 128 cm³/mol. The monoisotopic (exact) mass is 478 g/mol. The first-order valence-corrected chi connectivity index (χ1v) is 11.1. The molecule has 0 unspecified atom stereocenters. The SMILES string of the molecule is O=C(Nc1ccc(F)c(Oc2ccc3ncc(N4CCOCC4)nc3c2)c1)c1cccc(Cl)c1. The fraction of sp³-hybridized carbons (Fsp3) is 0.160. The molecule has 1 fully saturated rings. The first-order chi connectivity index (χ1) is 16.5. The summed E-state index contributed by atoms with van der Waals surface area (Å²) in [5.74, 6) is 0.203. The molecule has 1 aliphatic heterocycles. The number of carbonyl (C=O) groups excluding carboxylic acids is 1. The molecule has 2 heterocycles. The van der Waals surface area contributed by atoms with Gasteiger partial charge in [0.15, 0.2) is 11.6 Å². The van der Waals surface area contributed by atoms with E-state index in [-0.39, 0.29) is 11.7 Å². The fourth-order valence-corrected chi connectivity index (χ4v) is 3.80.